The van der Waals surface area contributed by atoms with E-state index < -0.39 is 0 Å². The summed E-state index contributed by atoms with van der Waals surface area (Å²) in [6, 6.07) is 6.10. The van der Waals surface area contributed by atoms with Gasteiger partial charge in [-0.15, -0.1) is 0 Å². The molecule has 2 amide bonds. The molecule has 4 rings (SSSR count). The Morgan fingerprint density at radius 2 is 1.85 bits per heavy atom. The minimum Gasteiger partial charge on any atom is -0.491 e. The first-order chi connectivity index (χ1) is 13.1. The fraction of sp³-hybridized carbons (Fsp3) is 0.450. The summed E-state index contributed by atoms with van der Waals surface area (Å²) < 4.78 is 5.88. The van der Waals surface area contributed by atoms with Crippen molar-refractivity contribution in [2.75, 3.05) is 32.0 Å². The third-order valence-electron chi connectivity index (χ3n) is 5.37. The molecule has 27 heavy (non-hydrogen) atoms. The highest BCUT2D eigenvalue weighted by Gasteiger charge is 2.27. The number of nitrogen functional groups attached to an aromatic ring is 1. The second-order valence-corrected chi connectivity index (χ2v) is 7.37. The zero-order valence-corrected chi connectivity index (χ0v) is 15.6. The molecule has 3 heterocycles. The van der Waals surface area contributed by atoms with E-state index in [2.05, 4.69) is 16.9 Å². The molecule has 1 saturated heterocycles. The second-order valence-electron chi connectivity index (χ2n) is 7.37. The lowest BCUT2D eigenvalue weighted by Crippen LogP contribution is -2.46. The van der Waals surface area contributed by atoms with E-state index in [0.717, 1.165) is 48.4 Å². The Morgan fingerprint density at radius 1 is 1.11 bits per heavy atom. The molecule has 2 aliphatic heterocycles. The number of nitrogens with zero attached hydrogens (tertiary/aromatic N) is 4. The number of carbonyl (C=O) groups is 1. The second kappa shape index (κ2) is 7.42. The first-order valence-corrected chi connectivity index (χ1v) is 9.47. The van der Waals surface area contributed by atoms with E-state index in [1.54, 1.807) is 12.4 Å². The largest absolute Gasteiger partial charge is 0.491 e. The Balaban J connectivity index is 1.54. The number of fused-ring (bicyclic) bond motifs is 1. The molecule has 2 aliphatic rings. The van der Waals surface area contributed by atoms with E-state index in [9.17, 15) is 4.79 Å². The Labute approximate surface area is 159 Å². The predicted molar refractivity (Wildman–Crippen MR) is 103 cm³/mol. The van der Waals surface area contributed by atoms with Crippen LogP contribution in [0.4, 0.5) is 10.7 Å². The van der Waals surface area contributed by atoms with Gasteiger partial charge in [-0.1, -0.05) is 13.0 Å². The number of amides is 2. The highest BCUT2D eigenvalue weighted by Crippen LogP contribution is 2.29. The molecule has 0 bridgehead atoms. The number of benzene rings is 1. The summed E-state index contributed by atoms with van der Waals surface area (Å²) in [4.78, 5) is 25.0. The first kappa shape index (κ1) is 17.6. The van der Waals surface area contributed by atoms with Gasteiger partial charge in [-0.2, -0.15) is 0 Å². The van der Waals surface area contributed by atoms with Gasteiger partial charge in [-0.3, -0.25) is 0 Å². The summed E-state index contributed by atoms with van der Waals surface area (Å²) in [7, 11) is 0. The number of anilines is 1. The van der Waals surface area contributed by atoms with E-state index >= 15 is 0 Å². The summed E-state index contributed by atoms with van der Waals surface area (Å²) in [5.41, 5.74) is 8.45. The number of likely N-dealkylation sites (tertiary alicyclic amines) is 1. The van der Waals surface area contributed by atoms with Gasteiger partial charge in [0.25, 0.3) is 0 Å². The van der Waals surface area contributed by atoms with Gasteiger partial charge in [0.05, 0.1) is 13.1 Å². The van der Waals surface area contributed by atoms with Gasteiger partial charge in [0, 0.05) is 36.6 Å². The van der Waals surface area contributed by atoms with Crippen molar-refractivity contribution in [3.63, 3.8) is 0 Å². The lowest BCUT2D eigenvalue weighted by molar-refractivity contribution is 0.129. The molecule has 0 saturated carbocycles. The van der Waals surface area contributed by atoms with Gasteiger partial charge in [-0.05, 0) is 36.5 Å². The number of nitrogens with two attached hydrogens (primary N) is 1. The van der Waals surface area contributed by atoms with E-state index in [4.69, 9.17) is 10.5 Å². The van der Waals surface area contributed by atoms with Gasteiger partial charge in [0.15, 0.2) is 0 Å². The van der Waals surface area contributed by atoms with Crippen molar-refractivity contribution in [2.45, 2.75) is 26.3 Å². The molecule has 0 unspecified atom stereocenters. The van der Waals surface area contributed by atoms with Crippen molar-refractivity contribution < 1.29 is 9.53 Å². The summed E-state index contributed by atoms with van der Waals surface area (Å²) in [6.07, 6.45) is 5.57. The average molecular weight is 367 g/mol. The molecule has 0 spiro atoms. The SMILES string of the molecule is CC1CCN(C(=O)N2CCOc3ccc(-c4cnc(N)nc4)cc3C2)CC1. The fourth-order valence-corrected chi connectivity index (χ4v) is 3.62. The maximum atomic E-state index is 13.0. The smallest absolute Gasteiger partial charge is 0.320 e. The number of carbonyl (C=O) groups excluding carboxylic acids is 1. The standard InChI is InChI=1S/C20H25N5O2/c1-14-4-6-24(7-5-14)20(26)25-8-9-27-18-3-2-15(10-16(18)13-25)17-11-22-19(21)23-12-17/h2-3,10-12,14H,4-9,13H2,1H3,(H2,21,22,23). The summed E-state index contributed by atoms with van der Waals surface area (Å²) in [5.74, 6) is 1.79. The molecular weight excluding hydrogens is 342 g/mol. The zero-order valence-electron chi connectivity index (χ0n) is 15.6. The Bertz CT molecular complexity index is 816. The van der Waals surface area contributed by atoms with E-state index in [1.807, 2.05) is 28.0 Å². The molecule has 1 aromatic carbocycles. The van der Waals surface area contributed by atoms with Crippen LogP contribution in [0.2, 0.25) is 0 Å². The van der Waals surface area contributed by atoms with Crippen LogP contribution in [0, 0.1) is 5.92 Å². The molecule has 0 atom stereocenters. The fourth-order valence-electron chi connectivity index (χ4n) is 3.62. The van der Waals surface area contributed by atoms with Crippen LogP contribution >= 0.6 is 0 Å². The van der Waals surface area contributed by atoms with Gasteiger partial charge >= 0.3 is 6.03 Å². The number of piperidine rings is 1. The molecular formula is C20H25N5O2. The summed E-state index contributed by atoms with van der Waals surface area (Å²) in [6.45, 7) is 5.58. The molecule has 7 nitrogen and oxygen atoms in total. The highest BCUT2D eigenvalue weighted by molar-refractivity contribution is 5.75. The third-order valence-corrected chi connectivity index (χ3v) is 5.37. The maximum Gasteiger partial charge on any atom is 0.320 e. The number of hydrogen-bond donors (Lipinski definition) is 1. The monoisotopic (exact) mass is 367 g/mol. The lowest BCUT2D eigenvalue weighted by Gasteiger charge is -2.34. The molecule has 2 N–H and O–H groups in total. The van der Waals surface area contributed by atoms with Gasteiger partial charge in [0.1, 0.15) is 12.4 Å². The third kappa shape index (κ3) is 3.82. The minimum atomic E-state index is 0.111. The van der Waals surface area contributed by atoms with Crippen molar-refractivity contribution in [3.05, 3.63) is 36.2 Å². The molecule has 142 valence electrons. The average Bonchev–Trinajstić information content (AvgIpc) is 2.90. The van der Waals surface area contributed by atoms with Crippen LogP contribution in [-0.4, -0.2) is 52.0 Å². The van der Waals surface area contributed by atoms with Crippen LogP contribution in [-0.2, 0) is 6.54 Å². The number of ether oxygens (including phenoxy) is 1. The summed E-state index contributed by atoms with van der Waals surface area (Å²) in [5, 5.41) is 0. The van der Waals surface area contributed by atoms with Crippen LogP contribution in [0.15, 0.2) is 30.6 Å². The number of aromatic nitrogens is 2. The molecule has 7 heteroatoms. The normalized spacial score (nSPS) is 17.8. The predicted octanol–water partition coefficient (Wildman–Crippen LogP) is 2.77. The molecule has 2 aromatic rings. The molecule has 1 fully saturated rings. The number of hydrogen-bond acceptors (Lipinski definition) is 5. The van der Waals surface area contributed by atoms with Gasteiger partial charge in [-0.25, -0.2) is 14.8 Å². The number of rotatable bonds is 1. The number of urea groups is 1. The Hall–Kier alpha value is -2.83. The van der Waals surface area contributed by atoms with Gasteiger partial charge < -0.3 is 20.3 Å². The topological polar surface area (TPSA) is 84.6 Å². The van der Waals surface area contributed by atoms with Crippen molar-refractivity contribution in [3.8, 4) is 16.9 Å². The van der Waals surface area contributed by atoms with Gasteiger partial charge in [0.2, 0.25) is 5.95 Å². The minimum absolute atomic E-state index is 0.111. The van der Waals surface area contributed by atoms with Crippen LogP contribution in [0.5, 0.6) is 5.75 Å². The highest BCUT2D eigenvalue weighted by atomic mass is 16.5. The maximum absolute atomic E-state index is 13.0. The lowest BCUT2D eigenvalue weighted by atomic mass is 9.99. The Morgan fingerprint density at radius 3 is 2.59 bits per heavy atom. The van der Waals surface area contributed by atoms with Crippen molar-refractivity contribution >= 4 is 12.0 Å². The van der Waals surface area contributed by atoms with Crippen LogP contribution in [0.25, 0.3) is 11.1 Å². The quantitative estimate of drug-likeness (QED) is 0.838. The van der Waals surface area contributed by atoms with E-state index in [-0.39, 0.29) is 12.0 Å². The van der Waals surface area contributed by atoms with Crippen LogP contribution < -0.4 is 10.5 Å². The molecule has 0 aliphatic carbocycles. The van der Waals surface area contributed by atoms with Crippen molar-refractivity contribution in [1.82, 2.24) is 19.8 Å². The van der Waals surface area contributed by atoms with Crippen molar-refractivity contribution in [1.29, 1.82) is 0 Å². The molecule has 0 radical (unpaired) electrons. The Kier molecular flexibility index (Phi) is 4.83. The van der Waals surface area contributed by atoms with E-state index in [0.29, 0.717) is 25.6 Å². The van der Waals surface area contributed by atoms with E-state index in [1.165, 1.54) is 0 Å². The van der Waals surface area contributed by atoms with Crippen LogP contribution in [0.3, 0.4) is 0 Å². The zero-order chi connectivity index (χ0) is 18.8. The first-order valence-electron chi connectivity index (χ1n) is 9.47. The van der Waals surface area contributed by atoms with Crippen LogP contribution in [0.1, 0.15) is 25.3 Å². The summed E-state index contributed by atoms with van der Waals surface area (Å²) >= 11 is 0. The van der Waals surface area contributed by atoms with Crippen molar-refractivity contribution in [2.24, 2.45) is 5.92 Å². The molecule has 1 aromatic heterocycles.